The first-order valence-electron chi connectivity index (χ1n) is 7.62. The van der Waals surface area contributed by atoms with E-state index in [-0.39, 0.29) is 18.9 Å². The van der Waals surface area contributed by atoms with Crippen molar-refractivity contribution in [3.8, 4) is 11.5 Å². The van der Waals surface area contributed by atoms with Gasteiger partial charge in [0, 0.05) is 18.5 Å². The lowest BCUT2D eigenvalue weighted by molar-refractivity contribution is -0.134. The molecule has 1 aliphatic heterocycles. The van der Waals surface area contributed by atoms with Crippen molar-refractivity contribution in [2.75, 3.05) is 13.1 Å². The number of rotatable bonds is 4. The largest absolute Gasteiger partial charge is 0.457 e. The zero-order valence-corrected chi connectivity index (χ0v) is 13.0. The van der Waals surface area contributed by atoms with Gasteiger partial charge < -0.3 is 20.5 Å². The number of hydrogen-bond acceptors (Lipinski definition) is 4. The van der Waals surface area contributed by atoms with Crippen LogP contribution in [-0.2, 0) is 4.79 Å². The molecule has 2 amide bonds. The van der Waals surface area contributed by atoms with Gasteiger partial charge in [0.2, 0.25) is 0 Å². The van der Waals surface area contributed by atoms with Crippen molar-refractivity contribution in [3.05, 3.63) is 60.2 Å². The van der Waals surface area contributed by atoms with Gasteiger partial charge in [-0.3, -0.25) is 9.59 Å². The molecule has 1 atom stereocenters. The molecule has 3 rings (SSSR count). The fraction of sp³-hybridized carbons (Fsp3) is 0.222. The van der Waals surface area contributed by atoms with Crippen LogP contribution in [-0.4, -0.2) is 40.5 Å². The van der Waals surface area contributed by atoms with Crippen LogP contribution < -0.4 is 10.5 Å². The SMILES string of the molecule is NC(=O)C1(O)CCN(C(=O)c2ccc(Oc3ccccc3)cc2)C1. The quantitative estimate of drug-likeness (QED) is 0.891. The van der Waals surface area contributed by atoms with Gasteiger partial charge in [-0.25, -0.2) is 0 Å². The summed E-state index contributed by atoms with van der Waals surface area (Å²) in [4.78, 5) is 25.1. The molecule has 24 heavy (non-hydrogen) atoms. The highest BCUT2D eigenvalue weighted by Crippen LogP contribution is 2.25. The van der Waals surface area contributed by atoms with Gasteiger partial charge in [0.25, 0.3) is 11.8 Å². The molecule has 0 bridgehead atoms. The third-order valence-corrected chi connectivity index (χ3v) is 4.07. The Morgan fingerprint density at radius 1 is 1.04 bits per heavy atom. The predicted octanol–water partition coefficient (Wildman–Crippen LogP) is 1.54. The Hall–Kier alpha value is -2.86. The number of para-hydroxylation sites is 1. The zero-order chi connectivity index (χ0) is 17.2. The fourth-order valence-electron chi connectivity index (χ4n) is 2.64. The summed E-state index contributed by atoms with van der Waals surface area (Å²) in [6, 6.07) is 16.1. The summed E-state index contributed by atoms with van der Waals surface area (Å²) in [7, 11) is 0. The highest BCUT2D eigenvalue weighted by atomic mass is 16.5. The number of benzene rings is 2. The van der Waals surface area contributed by atoms with E-state index in [1.54, 1.807) is 24.3 Å². The van der Waals surface area contributed by atoms with Crippen molar-refractivity contribution < 1.29 is 19.4 Å². The van der Waals surface area contributed by atoms with Gasteiger partial charge in [0.1, 0.15) is 11.5 Å². The number of nitrogens with two attached hydrogens (primary N) is 1. The van der Waals surface area contributed by atoms with Crippen molar-refractivity contribution in [1.82, 2.24) is 4.90 Å². The highest BCUT2D eigenvalue weighted by molar-refractivity contribution is 5.95. The summed E-state index contributed by atoms with van der Waals surface area (Å²) >= 11 is 0. The molecule has 0 aromatic heterocycles. The van der Waals surface area contributed by atoms with E-state index < -0.39 is 11.5 Å². The number of ether oxygens (including phenoxy) is 1. The molecule has 2 aromatic carbocycles. The van der Waals surface area contributed by atoms with Gasteiger partial charge in [-0.05, 0) is 36.4 Å². The van der Waals surface area contributed by atoms with E-state index in [1.807, 2.05) is 30.3 Å². The maximum absolute atomic E-state index is 12.4. The van der Waals surface area contributed by atoms with Crippen LogP contribution in [0.5, 0.6) is 11.5 Å². The minimum atomic E-state index is -1.63. The van der Waals surface area contributed by atoms with Gasteiger partial charge in [-0.1, -0.05) is 18.2 Å². The fourth-order valence-corrected chi connectivity index (χ4v) is 2.64. The van der Waals surface area contributed by atoms with Crippen LogP contribution >= 0.6 is 0 Å². The average Bonchev–Trinajstić information content (AvgIpc) is 3.00. The molecule has 6 heteroatoms. The number of aliphatic hydroxyl groups is 1. The van der Waals surface area contributed by atoms with Crippen molar-refractivity contribution in [2.24, 2.45) is 5.73 Å². The zero-order valence-electron chi connectivity index (χ0n) is 13.0. The number of carbonyl (C=O) groups is 2. The molecular weight excluding hydrogens is 308 g/mol. The maximum Gasteiger partial charge on any atom is 0.253 e. The third-order valence-electron chi connectivity index (χ3n) is 4.07. The molecule has 3 N–H and O–H groups in total. The number of β-amino-alcohol motifs (C(OH)–C–C–N with tert-alkyl or cyclic N) is 1. The van der Waals surface area contributed by atoms with E-state index in [0.29, 0.717) is 23.6 Å². The van der Waals surface area contributed by atoms with Gasteiger partial charge >= 0.3 is 0 Å². The van der Waals surface area contributed by atoms with Crippen LogP contribution in [0, 0.1) is 0 Å². The summed E-state index contributed by atoms with van der Waals surface area (Å²) in [5.41, 5.74) is 4.01. The second-order valence-electron chi connectivity index (χ2n) is 5.81. The Morgan fingerprint density at radius 2 is 1.67 bits per heavy atom. The number of hydrogen-bond donors (Lipinski definition) is 2. The summed E-state index contributed by atoms with van der Waals surface area (Å²) in [5.74, 6) is 0.276. The van der Waals surface area contributed by atoms with E-state index in [9.17, 15) is 14.7 Å². The van der Waals surface area contributed by atoms with Crippen LogP contribution in [0.25, 0.3) is 0 Å². The Kier molecular flexibility index (Phi) is 4.22. The molecule has 2 aromatic rings. The van der Waals surface area contributed by atoms with Crippen LogP contribution in [0.3, 0.4) is 0 Å². The lowest BCUT2D eigenvalue weighted by Gasteiger charge is -2.20. The summed E-state index contributed by atoms with van der Waals surface area (Å²) < 4.78 is 5.68. The highest BCUT2D eigenvalue weighted by Gasteiger charge is 2.43. The van der Waals surface area contributed by atoms with Gasteiger partial charge in [0.15, 0.2) is 5.60 Å². The molecule has 1 unspecified atom stereocenters. The number of nitrogens with zero attached hydrogens (tertiary/aromatic N) is 1. The van der Waals surface area contributed by atoms with Crippen LogP contribution in [0.15, 0.2) is 54.6 Å². The standard InChI is InChI=1S/C18H18N2O4/c19-17(22)18(23)10-11-20(12-18)16(21)13-6-8-15(9-7-13)24-14-4-2-1-3-5-14/h1-9,23H,10-12H2,(H2,19,22). The van der Waals surface area contributed by atoms with E-state index in [4.69, 9.17) is 10.5 Å². The molecule has 124 valence electrons. The molecule has 0 aliphatic carbocycles. The van der Waals surface area contributed by atoms with Crippen LogP contribution in [0.1, 0.15) is 16.8 Å². The second-order valence-corrected chi connectivity index (χ2v) is 5.81. The van der Waals surface area contributed by atoms with Gasteiger partial charge in [-0.2, -0.15) is 0 Å². The van der Waals surface area contributed by atoms with Crippen LogP contribution in [0.2, 0.25) is 0 Å². The first-order chi connectivity index (χ1) is 11.5. The van der Waals surface area contributed by atoms with Crippen molar-refractivity contribution in [2.45, 2.75) is 12.0 Å². The first-order valence-corrected chi connectivity index (χ1v) is 7.62. The minimum Gasteiger partial charge on any atom is -0.457 e. The summed E-state index contributed by atoms with van der Waals surface area (Å²) in [6.45, 7) is 0.212. The van der Waals surface area contributed by atoms with Crippen molar-refractivity contribution >= 4 is 11.8 Å². The van der Waals surface area contributed by atoms with E-state index in [2.05, 4.69) is 0 Å². The normalized spacial score (nSPS) is 20.0. The molecule has 0 saturated carbocycles. The van der Waals surface area contributed by atoms with E-state index >= 15 is 0 Å². The van der Waals surface area contributed by atoms with E-state index in [1.165, 1.54) is 4.90 Å². The Morgan fingerprint density at radius 3 is 2.25 bits per heavy atom. The number of amides is 2. The molecule has 0 radical (unpaired) electrons. The molecule has 1 fully saturated rings. The molecule has 1 saturated heterocycles. The Labute approximate surface area is 139 Å². The summed E-state index contributed by atoms with van der Waals surface area (Å²) in [5, 5.41) is 10.1. The molecule has 6 nitrogen and oxygen atoms in total. The minimum absolute atomic E-state index is 0.0799. The topological polar surface area (TPSA) is 92.9 Å². The molecule has 1 heterocycles. The Bertz CT molecular complexity index is 745. The molecule has 1 aliphatic rings. The molecular formula is C18H18N2O4. The predicted molar refractivity (Wildman–Crippen MR) is 87.6 cm³/mol. The van der Waals surface area contributed by atoms with Gasteiger partial charge in [-0.15, -0.1) is 0 Å². The Balaban J connectivity index is 1.67. The lowest BCUT2D eigenvalue weighted by atomic mass is 10.0. The number of likely N-dealkylation sites (tertiary alicyclic amines) is 1. The lowest BCUT2D eigenvalue weighted by Crippen LogP contribution is -2.46. The maximum atomic E-state index is 12.4. The smallest absolute Gasteiger partial charge is 0.253 e. The monoisotopic (exact) mass is 326 g/mol. The third kappa shape index (κ3) is 3.23. The van der Waals surface area contributed by atoms with Crippen molar-refractivity contribution in [1.29, 1.82) is 0 Å². The first kappa shape index (κ1) is 16.0. The van der Waals surface area contributed by atoms with Crippen molar-refractivity contribution in [3.63, 3.8) is 0 Å². The average molecular weight is 326 g/mol. The second kappa shape index (κ2) is 6.33. The van der Waals surface area contributed by atoms with Gasteiger partial charge in [0.05, 0.1) is 6.54 Å². The number of primary amides is 1. The summed E-state index contributed by atoms with van der Waals surface area (Å²) in [6.07, 6.45) is 0.156. The number of carbonyl (C=O) groups excluding carboxylic acids is 2. The van der Waals surface area contributed by atoms with E-state index in [0.717, 1.165) is 0 Å². The van der Waals surface area contributed by atoms with Crippen LogP contribution in [0.4, 0.5) is 0 Å². The molecule has 0 spiro atoms.